The zero-order valence-electron chi connectivity index (χ0n) is 10.4. The topological polar surface area (TPSA) is 38.7 Å². The molecule has 0 aliphatic carbocycles. The van der Waals surface area contributed by atoms with E-state index in [1.165, 1.54) is 12.1 Å². The zero-order valence-corrected chi connectivity index (χ0v) is 10.4. The molecule has 0 aromatic heterocycles. The molecule has 0 radical (unpaired) electrons. The van der Waals surface area contributed by atoms with Crippen molar-refractivity contribution in [3.63, 3.8) is 0 Å². The Labute approximate surface area is 107 Å². The number of aliphatic hydroxyl groups is 1. The Morgan fingerprint density at radius 2 is 2.00 bits per heavy atom. The number of hydrogen-bond donors (Lipinski definition) is 1. The Balaban J connectivity index is 2.52. The van der Waals surface area contributed by atoms with Gasteiger partial charge in [0.25, 0.3) is 0 Å². The number of ether oxygens (including phenoxy) is 2. The minimum Gasteiger partial charge on any atom is -0.384 e. The molecule has 0 spiro atoms. The Morgan fingerprint density at radius 1 is 1.22 bits per heavy atom. The number of aliphatic hydroxyl groups excluding tert-OH is 1. The standard InChI is InChI=1S/C14H17FO3/c1-2-17-6-7-18-11-13-8-12(4-3-5-16)9-14(15)10-13/h8-10,16H,2,5-7,11H2,1H3. The highest BCUT2D eigenvalue weighted by molar-refractivity contribution is 5.37. The maximum Gasteiger partial charge on any atom is 0.124 e. The molecule has 0 aliphatic rings. The summed E-state index contributed by atoms with van der Waals surface area (Å²) < 4.78 is 23.7. The highest BCUT2D eigenvalue weighted by atomic mass is 19.1. The van der Waals surface area contributed by atoms with Gasteiger partial charge in [0.2, 0.25) is 0 Å². The van der Waals surface area contributed by atoms with Crippen molar-refractivity contribution in [1.82, 2.24) is 0 Å². The van der Waals surface area contributed by atoms with Gasteiger partial charge in [-0.15, -0.1) is 0 Å². The van der Waals surface area contributed by atoms with Crippen LogP contribution in [0.4, 0.5) is 4.39 Å². The summed E-state index contributed by atoms with van der Waals surface area (Å²) in [6, 6.07) is 4.48. The van der Waals surface area contributed by atoms with Crippen LogP contribution in [0.25, 0.3) is 0 Å². The van der Waals surface area contributed by atoms with Crippen molar-refractivity contribution in [2.75, 3.05) is 26.4 Å². The second-order valence-corrected chi connectivity index (χ2v) is 3.56. The summed E-state index contributed by atoms with van der Waals surface area (Å²) >= 11 is 0. The molecule has 1 aromatic rings. The first-order chi connectivity index (χ1) is 8.76. The summed E-state index contributed by atoms with van der Waals surface area (Å²) in [7, 11) is 0. The van der Waals surface area contributed by atoms with Gasteiger partial charge < -0.3 is 14.6 Å². The molecule has 4 heteroatoms. The van der Waals surface area contributed by atoms with Gasteiger partial charge >= 0.3 is 0 Å². The van der Waals surface area contributed by atoms with E-state index in [1.54, 1.807) is 6.07 Å². The fraction of sp³-hybridized carbons (Fsp3) is 0.429. The summed E-state index contributed by atoms with van der Waals surface area (Å²) in [4.78, 5) is 0. The monoisotopic (exact) mass is 252 g/mol. The minimum absolute atomic E-state index is 0.239. The predicted molar refractivity (Wildman–Crippen MR) is 66.5 cm³/mol. The summed E-state index contributed by atoms with van der Waals surface area (Å²) in [5, 5.41) is 8.58. The summed E-state index contributed by atoms with van der Waals surface area (Å²) in [6.45, 7) is 3.66. The van der Waals surface area contributed by atoms with Crippen LogP contribution < -0.4 is 0 Å². The third-order valence-electron chi connectivity index (χ3n) is 2.11. The van der Waals surface area contributed by atoms with Crippen molar-refractivity contribution in [3.05, 3.63) is 35.1 Å². The Kier molecular flexibility index (Phi) is 7.04. The molecule has 0 heterocycles. The second-order valence-electron chi connectivity index (χ2n) is 3.56. The molecule has 18 heavy (non-hydrogen) atoms. The van der Waals surface area contributed by atoms with Crippen LogP contribution in [0.15, 0.2) is 18.2 Å². The van der Waals surface area contributed by atoms with Gasteiger partial charge in [0.1, 0.15) is 12.4 Å². The van der Waals surface area contributed by atoms with Gasteiger partial charge in [0.05, 0.1) is 19.8 Å². The Bertz CT molecular complexity index is 421. The van der Waals surface area contributed by atoms with Crippen LogP contribution in [-0.2, 0) is 16.1 Å². The Hall–Kier alpha value is -1.41. The van der Waals surface area contributed by atoms with Crippen LogP contribution in [-0.4, -0.2) is 31.5 Å². The molecule has 0 saturated heterocycles. The molecule has 0 atom stereocenters. The van der Waals surface area contributed by atoms with E-state index in [4.69, 9.17) is 14.6 Å². The summed E-state index contributed by atoms with van der Waals surface area (Å²) in [5.74, 6) is 4.79. The average Bonchev–Trinajstić information content (AvgIpc) is 2.35. The van der Waals surface area contributed by atoms with E-state index in [2.05, 4.69) is 11.8 Å². The Morgan fingerprint density at radius 3 is 2.72 bits per heavy atom. The van der Waals surface area contributed by atoms with Crippen molar-refractivity contribution in [3.8, 4) is 11.8 Å². The molecule has 0 amide bonds. The van der Waals surface area contributed by atoms with Gasteiger partial charge in [-0.1, -0.05) is 11.8 Å². The lowest BCUT2D eigenvalue weighted by atomic mass is 10.1. The highest BCUT2D eigenvalue weighted by Gasteiger charge is 2.00. The highest BCUT2D eigenvalue weighted by Crippen LogP contribution is 2.09. The van der Waals surface area contributed by atoms with Crippen molar-refractivity contribution in [1.29, 1.82) is 0 Å². The molecule has 98 valence electrons. The fourth-order valence-corrected chi connectivity index (χ4v) is 1.40. The lowest BCUT2D eigenvalue weighted by molar-refractivity contribution is 0.0452. The van der Waals surface area contributed by atoms with E-state index >= 15 is 0 Å². The molecular formula is C14H17FO3. The first-order valence-electron chi connectivity index (χ1n) is 5.81. The minimum atomic E-state index is -0.358. The van der Waals surface area contributed by atoms with Crippen molar-refractivity contribution in [2.45, 2.75) is 13.5 Å². The van der Waals surface area contributed by atoms with Gasteiger partial charge in [0.15, 0.2) is 0 Å². The summed E-state index contributed by atoms with van der Waals surface area (Å²) in [5.41, 5.74) is 1.25. The van der Waals surface area contributed by atoms with E-state index in [-0.39, 0.29) is 12.4 Å². The smallest absolute Gasteiger partial charge is 0.124 e. The van der Waals surface area contributed by atoms with Crippen LogP contribution >= 0.6 is 0 Å². The van der Waals surface area contributed by atoms with Crippen molar-refractivity contribution < 1.29 is 19.0 Å². The largest absolute Gasteiger partial charge is 0.384 e. The number of hydrogen-bond acceptors (Lipinski definition) is 3. The van der Waals surface area contributed by atoms with Crippen LogP contribution in [0, 0.1) is 17.7 Å². The maximum atomic E-state index is 13.3. The van der Waals surface area contributed by atoms with Gasteiger partial charge in [-0.25, -0.2) is 4.39 Å². The lowest BCUT2D eigenvalue weighted by Gasteiger charge is -2.05. The van der Waals surface area contributed by atoms with Gasteiger partial charge in [-0.3, -0.25) is 0 Å². The van der Waals surface area contributed by atoms with Crippen LogP contribution in [0.2, 0.25) is 0 Å². The van der Waals surface area contributed by atoms with Gasteiger partial charge in [-0.05, 0) is 30.7 Å². The fourth-order valence-electron chi connectivity index (χ4n) is 1.40. The molecule has 1 aromatic carbocycles. The SMILES string of the molecule is CCOCCOCc1cc(F)cc(C#CCO)c1. The van der Waals surface area contributed by atoms with E-state index in [0.717, 1.165) is 0 Å². The summed E-state index contributed by atoms with van der Waals surface area (Å²) in [6.07, 6.45) is 0. The zero-order chi connectivity index (χ0) is 13.2. The van der Waals surface area contributed by atoms with Crippen LogP contribution in [0.5, 0.6) is 0 Å². The molecular weight excluding hydrogens is 235 g/mol. The molecule has 0 fully saturated rings. The van der Waals surface area contributed by atoms with Crippen molar-refractivity contribution >= 4 is 0 Å². The number of benzene rings is 1. The van der Waals surface area contributed by atoms with E-state index in [1.807, 2.05) is 6.92 Å². The van der Waals surface area contributed by atoms with Crippen LogP contribution in [0.1, 0.15) is 18.1 Å². The average molecular weight is 252 g/mol. The first-order valence-corrected chi connectivity index (χ1v) is 5.81. The molecule has 1 N–H and O–H groups in total. The quantitative estimate of drug-likeness (QED) is 0.619. The predicted octanol–water partition coefficient (Wildman–Crippen LogP) is 1.72. The molecule has 0 saturated carbocycles. The lowest BCUT2D eigenvalue weighted by Crippen LogP contribution is -2.04. The third-order valence-corrected chi connectivity index (χ3v) is 2.11. The molecule has 0 bridgehead atoms. The molecule has 1 rings (SSSR count). The molecule has 0 aliphatic heterocycles. The third kappa shape index (κ3) is 5.78. The number of rotatable bonds is 6. The molecule has 0 unspecified atom stereocenters. The van der Waals surface area contributed by atoms with E-state index in [0.29, 0.717) is 37.6 Å². The van der Waals surface area contributed by atoms with E-state index < -0.39 is 0 Å². The second kappa shape index (κ2) is 8.65. The van der Waals surface area contributed by atoms with Gasteiger partial charge in [-0.2, -0.15) is 0 Å². The van der Waals surface area contributed by atoms with Crippen molar-refractivity contribution in [2.24, 2.45) is 0 Å². The number of halogens is 1. The normalized spacial score (nSPS) is 9.94. The molecule has 3 nitrogen and oxygen atoms in total. The maximum absolute atomic E-state index is 13.3. The van der Waals surface area contributed by atoms with Gasteiger partial charge in [0, 0.05) is 12.2 Å². The van der Waals surface area contributed by atoms with E-state index in [9.17, 15) is 4.39 Å². The first kappa shape index (κ1) is 14.7. The van der Waals surface area contributed by atoms with Crippen LogP contribution in [0.3, 0.4) is 0 Å².